The minimum Gasteiger partial charge on any atom is -0.309 e. The minimum atomic E-state index is -3.05. The van der Waals surface area contributed by atoms with Gasteiger partial charge in [-0.3, -0.25) is 4.98 Å². The summed E-state index contributed by atoms with van der Waals surface area (Å²) in [4.78, 5) is 4.43. The second-order valence-electron chi connectivity index (χ2n) is 7.20. The summed E-state index contributed by atoms with van der Waals surface area (Å²) in [6.07, 6.45) is 1.79. The van der Waals surface area contributed by atoms with E-state index in [0.29, 0.717) is 0 Å². The van der Waals surface area contributed by atoms with Crippen LogP contribution in [0.1, 0.15) is 0 Å². The Balaban J connectivity index is 1.73. The Morgan fingerprint density at radius 2 is 1.23 bits per heavy atom. The van der Waals surface area contributed by atoms with Gasteiger partial charge in [-0.15, -0.1) is 0 Å². The molecule has 0 saturated carbocycles. The zero-order valence-corrected chi connectivity index (χ0v) is 17.2. The van der Waals surface area contributed by atoms with Gasteiger partial charge in [0.25, 0.3) is 0 Å². The van der Waals surface area contributed by atoms with Gasteiger partial charge >= 0.3 is 0 Å². The van der Waals surface area contributed by atoms with Gasteiger partial charge in [0, 0.05) is 27.7 Å². The molecule has 144 valence electrons. The molecule has 1 unspecified atom stereocenters. The van der Waals surface area contributed by atoms with Crippen LogP contribution in [-0.4, -0.2) is 4.98 Å². The second kappa shape index (κ2) is 7.74. The average Bonchev–Trinajstić information content (AvgIpc) is 2.84. The van der Waals surface area contributed by atoms with Crippen molar-refractivity contribution in [2.24, 2.45) is 0 Å². The fraction of sp³-hybridized carbons (Fsp3) is 0. The smallest absolute Gasteiger partial charge is 0.171 e. The van der Waals surface area contributed by atoms with Crippen molar-refractivity contribution in [1.29, 1.82) is 0 Å². The Morgan fingerprint density at radius 3 is 2.00 bits per heavy atom. The standard InChI is InChI=1S/C27H20NOP/c29-30(23-11-2-1-3-12-23,27-15-8-10-21-9-4-5-13-25(21)27)24-18-16-22(17-19-24)26-14-6-7-20-28-26/h1-20H. The predicted octanol–water partition coefficient (Wildman–Crippen LogP) is 5.54. The van der Waals surface area contributed by atoms with Gasteiger partial charge < -0.3 is 4.57 Å². The first-order valence-corrected chi connectivity index (χ1v) is 11.6. The Morgan fingerprint density at radius 1 is 0.567 bits per heavy atom. The van der Waals surface area contributed by atoms with Crippen molar-refractivity contribution in [1.82, 2.24) is 4.98 Å². The molecule has 0 amide bonds. The van der Waals surface area contributed by atoms with Crippen LogP contribution in [0.4, 0.5) is 0 Å². The molecule has 1 heterocycles. The molecule has 0 N–H and O–H groups in total. The molecule has 2 nitrogen and oxygen atoms in total. The number of fused-ring (bicyclic) bond motifs is 1. The minimum absolute atomic E-state index is 0.824. The maximum absolute atomic E-state index is 14.9. The molecular weight excluding hydrogens is 385 g/mol. The van der Waals surface area contributed by atoms with Crippen LogP contribution in [0.2, 0.25) is 0 Å². The maximum Gasteiger partial charge on any atom is 0.171 e. The van der Waals surface area contributed by atoms with Crippen LogP contribution in [0, 0.1) is 0 Å². The largest absolute Gasteiger partial charge is 0.309 e. The number of pyridine rings is 1. The third-order valence-corrected chi connectivity index (χ3v) is 8.54. The molecule has 0 fully saturated rings. The average molecular weight is 405 g/mol. The number of nitrogens with zero attached hydrogens (tertiary/aromatic N) is 1. The molecule has 5 rings (SSSR count). The predicted molar refractivity (Wildman–Crippen MR) is 127 cm³/mol. The highest BCUT2D eigenvalue weighted by Crippen LogP contribution is 2.44. The van der Waals surface area contributed by atoms with Crippen LogP contribution < -0.4 is 15.9 Å². The zero-order valence-electron chi connectivity index (χ0n) is 16.3. The first-order valence-electron chi connectivity index (χ1n) is 9.93. The highest BCUT2D eigenvalue weighted by molar-refractivity contribution is 7.85. The molecule has 0 aliphatic heterocycles. The number of hydrogen-bond acceptors (Lipinski definition) is 2. The van der Waals surface area contributed by atoms with Crippen molar-refractivity contribution in [3.8, 4) is 11.3 Å². The quantitative estimate of drug-likeness (QED) is 0.368. The third-order valence-electron chi connectivity index (χ3n) is 5.42. The Hall–Kier alpha value is -3.48. The lowest BCUT2D eigenvalue weighted by Gasteiger charge is -2.22. The Kier molecular flexibility index (Phi) is 4.78. The van der Waals surface area contributed by atoms with Gasteiger partial charge in [-0.1, -0.05) is 103 Å². The molecule has 0 aliphatic carbocycles. The van der Waals surface area contributed by atoms with Gasteiger partial charge in [-0.2, -0.15) is 0 Å². The van der Waals surface area contributed by atoms with Gasteiger partial charge in [0.2, 0.25) is 0 Å². The van der Waals surface area contributed by atoms with Crippen LogP contribution in [0.25, 0.3) is 22.0 Å². The summed E-state index contributed by atoms with van der Waals surface area (Å²) < 4.78 is 14.9. The normalized spacial score (nSPS) is 13.1. The first kappa shape index (κ1) is 18.5. The Labute approximate surface area is 176 Å². The van der Waals surface area contributed by atoms with E-state index in [0.717, 1.165) is 37.9 Å². The topological polar surface area (TPSA) is 30.0 Å². The van der Waals surface area contributed by atoms with Crippen molar-refractivity contribution in [2.75, 3.05) is 0 Å². The summed E-state index contributed by atoms with van der Waals surface area (Å²) in [6, 6.07) is 37.9. The van der Waals surface area contributed by atoms with Gasteiger partial charge in [-0.25, -0.2) is 0 Å². The molecule has 30 heavy (non-hydrogen) atoms. The summed E-state index contributed by atoms with van der Waals surface area (Å²) in [5.74, 6) is 0. The van der Waals surface area contributed by atoms with Crippen LogP contribution in [0.15, 0.2) is 121 Å². The zero-order chi connectivity index (χ0) is 20.4. The summed E-state index contributed by atoms with van der Waals surface area (Å²) in [5.41, 5.74) is 1.92. The lowest BCUT2D eigenvalue weighted by Crippen LogP contribution is -2.25. The van der Waals surface area contributed by atoms with Gasteiger partial charge in [-0.05, 0) is 22.9 Å². The third kappa shape index (κ3) is 3.16. The van der Waals surface area contributed by atoms with E-state index in [1.807, 2.05) is 97.1 Å². The van der Waals surface area contributed by atoms with E-state index in [1.165, 1.54) is 0 Å². The molecule has 0 radical (unpaired) electrons. The van der Waals surface area contributed by atoms with Crippen LogP contribution in [0.3, 0.4) is 0 Å². The summed E-state index contributed by atoms with van der Waals surface area (Å²) in [5, 5.41) is 4.66. The molecule has 5 aromatic rings. The molecule has 3 heteroatoms. The lowest BCUT2D eigenvalue weighted by atomic mass is 10.1. The van der Waals surface area contributed by atoms with E-state index in [2.05, 4.69) is 23.2 Å². The molecule has 0 bridgehead atoms. The number of hydrogen-bond donors (Lipinski definition) is 0. The van der Waals surface area contributed by atoms with Crippen molar-refractivity contribution in [3.05, 3.63) is 121 Å². The van der Waals surface area contributed by atoms with Crippen LogP contribution >= 0.6 is 7.14 Å². The molecule has 1 atom stereocenters. The molecular formula is C27H20NOP. The molecule has 4 aromatic carbocycles. The number of rotatable bonds is 4. The fourth-order valence-electron chi connectivity index (χ4n) is 3.92. The molecule has 0 spiro atoms. The summed E-state index contributed by atoms with van der Waals surface area (Å²) in [6.45, 7) is 0. The molecule has 0 aliphatic rings. The monoisotopic (exact) mass is 405 g/mol. The van der Waals surface area contributed by atoms with Crippen molar-refractivity contribution in [3.63, 3.8) is 0 Å². The van der Waals surface area contributed by atoms with Crippen LogP contribution in [0.5, 0.6) is 0 Å². The lowest BCUT2D eigenvalue weighted by molar-refractivity contribution is 0.592. The van der Waals surface area contributed by atoms with E-state index in [1.54, 1.807) is 6.20 Å². The van der Waals surface area contributed by atoms with E-state index >= 15 is 0 Å². The highest BCUT2D eigenvalue weighted by atomic mass is 31.2. The number of benzene rings is 4. The van der Waals surface area contributed by atoms with Gasteiger partial charge in [0.1, 0.15) is 0 Å². The second-order valence-corrected chi connectivity index (χ2v) is 9.94. The van der Waals surface area contributed by atoms with Crippen molar-refractivity contribution >= 4 is 33.8 Å². The molecule has 0 saturated heterocycles. The van der Waals surface area contributed by atoms with E-state index in [4.69, 9.17) is 0 Å². The summed E-state index contributed by atoms with van der Waals surface area (Å²) in [7, 11) is -3.05. The maximum atomic E-state index is 14.9. The SMILES string of the molecule is O=P(c1ccccc1)(c1ccc(-c2ccccn2)cc1)c1cccc2ccccc12. The van der Waals surface area contributed by atoms with E-state index < -0.39 is 7.14 Å². The van der Waals surface area contributed by atoms with Crippen LogP contribution in [-0.2, 0) is 4.57 Å². The number of aromatic nitrogens is 1. The van der Waals surface area contributed by atoms with Crippen molar-refractivity contribution in [2.45, 2.75) is 0 Å². The fourth-order valence-corrected chi connectivity index (χ4v) is 6.78. The first-order chi connectivity index (χ1) is 14.8. The summed E-state index contributed by atoms with van der Waals surface area (Å²) >= 11 is 0. The van der Waals surface area contributed by atoms with Gasteiger partial charge in [0.15, 0.2) is 7.14 Å². The van der Waals surface area contributed by atoms with Gasteiger partial charge in [0.05, 0.1) is 5.69 Å². The Bertz CT molecular complexity index is 1340. The van der Waals surface area contributed by atoms with E-state index in [-0.39, 0.29) is 0 Å². The highest BCUT2D eigenvalue weighted by Gasteiger charge is 2.31. The van der Waals surface area contributed by atoms with E-state index in [9.17, 15) is 4.57 Å². The van der Waals surface area contributed by atoms with Crippen molar-refractivity contribution < 1.29 is 4.57 Å². The molecule has 1 aromatic heterocycles.